The molecule has 128 valence electrons. The largest absolute Gasteiger partial charge is 0.306 e. The third-order valence-corrected chi connectivity index (χ3v) is 4.09. The summed E-state index contributed by atoms with van der Waals surface area (Å²) >= 11 is 0. The van der Waals surface area contributed by atoms with Crippen LogP contribution in [0, 0.1) is 0 Å². The van der Waals surface area contributed by atoms with Gasteiger partial charge in [0.1, 0.15) is 17.4 Å². The average molecular weight is 345 g/mol. The molecule has 1 aliphatic heterocycles. The molecule has 2 amide bonds. The van der Waals surface area contributed by atoms with Crippen LogP contribution < -0.4 is 10.7 Å². The molecule has 7 nitrogen and oxygen atoms in total. The summed E-state index contributed by atoms with van der Waals surface area (Å²) in [6.07, 6.45) is 0. The maximum atomic E-state index is 12.5. The first-order chi connectivity index (χ1) is 12.7. The van der Waals surface area contributed by atoms with Crippen molar-refractivity contribution >= 4 is 17.6 Å². The maximum absolute atomic E-state index is 12.5. The van der Waals surface area contributed by atoms with Crippen molar-refractivity contribution in [2.75, 3.05) is 0 Å². The van der Waals surface area contributed by atoms with Crippen LogP contribution in [0.4, 0.5) is 0 Å². The number of nitrogens with one attached hydrogen (secondary N) is 3. The lowest BCUT2D eigenvalue weighted by Crippen LogP contribution is -2.35. The Labute approximate surface area is 149 Å². The van der Waals surface area contributed by atoms with Gasteiger partial charge in [0.05, 0.1) is 5.69 Å². The van der Waals surface area contributed by atoms with E-state index < -0.39 is 11.8 Å². The van der Waals surface area contributed by atoms with Crippen LogP contribution in [0.1, 0.15) is 22.0 Å². The minimum atomic E-state index is -0.642. The van der Waals surface area contributed by atoms with Crippen molar-refractivity contribution in [3.63, 3.8) is 0 Å². The molecule has 3 N–H and O–H groups in total. The van der Waals surface area contributed by atoms with E-state index in [-0.39, 0.29) is 17.4 Å². The van der Waals surface area contributed by atoms with Gasteiger partial charge in [0.2, 0.25) is 0 Å². The molecule has 1 aliphatic rings. The number of hydrazone groups is 1. The number of H-pyrrole nitrogens is 1. The summed E-state index contributed by atoms with van der Waals surface area (Å²) < 4.78 is 0. The van der Waals surface area contributed by atoms with Gasteiger partial charge in [0.25, 0.3) is 11.8 Å². The SMILES string of the molecule is O=C(NC1=NNC(=O)[C@@H]1c1ccccc1)c1cc(-c2ccccc2)n[nH]1. The molecule has 7 heteroatoms. The van der Waals surface area contributed by atoms with Crippen molar-refractivity contribution in [2.24, 2.45) is 5.10 Å². The molecule has 0 unspecified atom stereocenters. The van der Waals surface area contributed by atoms with Crippen molar-refractivity contribution in [2.45, 2.75) is 5.92 Å². The molecular weight excluding hydrogens is 330 g/mol. The summed E-state index contributed by atoms with van der Waals surface area (Å²) in [6, 6.07) is 20.4. The Morgan fingerprint density at radius 1 is 1.00 bits per heavy atom. The number of aromatic amines is 1. The van der Waals surface area contributed by atoms with Gasteiger partial charge in [-0.2, -0.15) is 10.2 Å². The van der Waals surface area contributed by atoms with Crippen molar-refractivity contribution in [3.05, 3.63) is 78.0 Å². The van der Waals surface area contributed by atoms with Crippen LogP contribution in [0.25, 0.3) is 11.3 Å². The Balaban J connectivity index is 1.53. The second-order valence-corrected chi connectivity index (χ2v) is 5.80. The molecule has 1 aromatic heterocycles. The quantitative estimate of drug-likeness (QED) is 0.677. The summed E-state index contributed by atoms with van der Waals surface area (Å²) in [4.78, 5) is 24.6. The second kappa shape index (κ2) is 6.64. The van der Waals surface area contributed by atoms with Crippen LogP contribution in [0.15, 0.2) is 71.8 Å². The average Bonchev–Trinajstić information content (AvgIpc) is 3.31. The number of carbonyl (C=O) groups excluding carboxylic acids is 2. The Bertz CT molecular complexity index is 979. The predicted octanol–water partition coefficient (Wildman–Crippen LogP) is 2.03. The lowest BCUT2D eigenvalue weighted by Gasteiger charge is -2.11. The van der Waals surface area contributed by atoms with Gasteiger partial charge in [-0.1, -0.05) is 60.7 Å². The summed E-state index contributed by atoms with van der Waals surface area (Å²) in [5.41, 5.74) is 5.03. The fraction of sp³-hybridized carbons (Fsp3) is 0.0526. The molecule has 0 bridgehead atoms. The van der Waals surface area contributed by atoms with Gasteiger partial charge in [-0.05, 0) is 11.6 Å². The highest BCUT2D eigenvalue weighted by Gasteiger charge is 2.33. The van der Waals surface area contributed by atoms with Crippen LogP contribution in [0.3, 0.4) is 0 Å². The third kappa shape index (κ3) is 2.98. The van der Waals surface area contributed by atoms with Crippen LogP contribution >= 0.6 is 0 Å². The molecule has 2 heterocycles. The van der Waals surface area contributed by atoms with Crippen LogP contribution in [-0.4, -0.2) is 27.8 Å². The first kappa shape index (κ1) is 15.8. The minimum Gasteiger partial charge on any atom is -0.306 e. The van der Waals surface area contributed by atoms with Crippen molar-refractivity contribution < 1.29 is 9.59 Å². The smallest absolute Gasteiger partial charge is 0.274 e. The number of amidine groups is 1. The molecule has 0 aliphatic carbocycles. The number of hydrogen-bond acceptors (Lipinski definition) is 4. The van der Waals surface area contributed by atoms with E-state index in [9.17, 15) is 9.59 Å². The second-order valence-electron chi connectivity index (χ2n) is 5.80. The fourth-order valence-corrected chi connectivity index (χ4v) is 2.80. The van der Waals surface area contributed by atoms with E-state index >= 15 is 0 Å². The number of benzene rings is 2. The van der Waals surface area contributed by atoms with Gasteiger partial charge in [-0.3, -0.25) is 14.7 Å². The first-order valence-corrected chi connectivity index (χ1v) is 8.07. The van der Waals surface area contributed by atoms with Gasteiger partial charge in [0, 0.05) is 5.56 Å². The summed E-state index contributed by atoms with van der Waals surface area (Å²) in [5, 5.41) is 13.5. The molecule has 0 saturated carbocycles. The van der Waals surface area contributed by atoms with E-state index in [2.05, 4.69) is 26.0 Å². The van der Waals surface area contributed by atoms with Crippen LogP contribution in [0.5, 0.6) is 0 Å². The fourth-order valence-electron chi connectivity index (χ4n) is 2.80. The molecular formula is C19H15N5O2. The van der Waals surface area contributed by atoms with Gasteiger partial charge < -0.3 is 5.32 Å². The summed E-state index contributed by atoms with van der Waals surface area (Å²) in [7, 11) is 0. The molecule has 4 rings (SSSR count). The molecule has 0 fully saturated rings. The van der Waals surface area contributed by atoms with E-state index in [0.717, 1.165) is 11.1 Å². The van der Waals surface area contributed by atoms with Gasteiger partial charge in [0.15, 0.2) is 0 Å². The zero-order chi connectivity index (χ0) is 17.9. The molecule has 0 radical (unpaired) electrons. The highest BCUT2D eigenvalue weighted by Crippen LogP contribution is 2.21. The van der Waals surface area contributed by atoms with Gasteiger partial charge in [-0.25, -0.2) is 5.43 Å². The Morgan fingerprint density at radius 3 is 2.42 bits per heavy atom. The molecule has 0 spiro atoms. The van der Waals surface area contributed by atoms with E-state index in [1.807, 2.05) is 60.7 Å². The van der Waals surface area contributed by atoms with Crippen molar-refractivity contribution in [1.29, 1.82) is 0 Å². The summed E-state index contributed by atoms with van der Waals surface area (Å²) in [5.74, 6) is -1.06. The molecule has 0 saturated heterocycles. The molecule has 26 heavy (non-hydrogen) atoms. The van der Waals surface area contributed by atoms with Crippen molar-refractivity contribution in [3.8, 4) is 11.3 Å². The number of amides is 2. The molecule has 2 aromatic carbocycles. The highest BCUT2D eigenvalue weighted by atomic mass is 16.2. The van der Waals surface area contributed by atoms with Crippen LogP contribution in [0.2, 0.25) is 0 Å². The third-order valence-electron chi connectivity index (χ3n) is 4.09. The van der Waals surface area contributed by atoms with Gasteiger partial charge >= 0.3 is 0 Å². The topological polar surface area (TPSA) is 99.2 Å². The van der Waals surface area contributed by atoms with E-state index in [0.29, 0.717) is 5.69 Å². The normalized spacial score (nSPS) is 16.1. The minimum absolute atomic E-state index is 0.266. The molecule has 1 atom stereocenters. The van der Waals surface area contributed by atoms with Crippen LogP contribution in [-0.2, 0) is 4.79 Å². The van der Waals surface area contributed by atoms with E-state index in [1.54, 1.807) is 6.07 Å². The monoisotopic (exact) mass is 345 g/mol. The van der Waals surface area contributed by atoms with Gasteiger partial charge in [-0.15, -0.1) is 0 Å². The Kier molecular flexibility index (Phi) is 4.03. The lowest BCUT2D eigenvalue weighted by molar-refractivity contribution is -0.120. The number of hydrogen-bond donors (Lipinski definition) is 3. The highest BCUT2D eigenvalue weighted by molar-refractivity contribution is 6.18. The zero-order valence-corrected chi connectivity index (χ0v) is 13.6. The Hall–Kier alpha value is -3.74. The van der Waals surface area contributed by atoms with Crippen molar-refractivity contribution in [1.82, 2.24) is 20.9 Å². The number of nitrogens with zero attached hydrogens (tertiary/aromatic N) is 2. The van der Waals surface area contributed by atoms with E-state index in [1.165, 1.54) is 0 Å². The first-order valence-electron chi connectivity index (χ1n) is 8.07. The maximum Gasteiger partial charge on any atom is 0.274 e. The zero-order valence-electron chi connectivity index (χ0n) is 13.6. The van der Waals surface area contributed by atoms with E-state index in [4.69, 9.17) is 0 Å². The number of aromatic nitrogens is 2. The Morgan fingerprint density at radius 2 is 1.69 bits per heavy atom. The summed E-state index contributed by atoms with van der Waals surface area (Å²) in [6.45, 7) is 0. The molecule has 3 aromatic rings. The predicted molar refractivity (Wildman–Crippen MR) is 96.3 cm³/mol. The lowest BCUT2D eigenvalue weighted by atomic mass is 9.98. The number of carbonyl (C=O) groups is 2. The number of rotatable bonds is 3. The standard InChI is InChI=1S/C19H15N5O2/c25-18(15-11-14(21-22-15)12-7-3-1-4-8-12)20-17-16(19(26)24-23-17)13-9-5-2-6-10-13/h1-11,16H,(H,21,22)(H,24,26)(H,20,23,25)/t16-/m1/s1.